The molecule has 0 saturated carbocycles. The van der Waals surface area contributed by atoms with Gasteiger partial charge in [0, 0.05) is 0 Å². The Hall–Kier alpha value is -1.32. The third kappa shape index (κ3) is 2.99. The third-order valence-electron chi connectivity index (χ3n) is 3.28. The van der Waals surface area contributed by atoms with Gasteiger partial charge in [-0.05, 0) is 43.0 Å². The molecule has 0 aliphatic heterocycles. The first kappa shape index (κ1) is 14.1. The number of methoxy groups -OCH3 is 1. The lowest BCUT2D eigenvalue weighted by Gasteiger charge is -2.20. The second-order valence-electron chi connectivity index (χ2n) is 4.70. The maximum absolute atomic E-state index is 5.47. The molecular weight excluding hydrogens is 254 g/mol. The average Bonchev–Trinajstić information content (AvgIpc) is 2.85. The van der Waals surface area contributed by atoms with Crippen molar-refractivity contribution in [2.45, 2.75) is 26.8 Å². The summed E-state index contributed by atoms with van der Waals surface area (Å²) in [5.74, 6) is 0.968. The van der Waals surface area contributed by atoms with Gasteiger partial charge < -0.3 is 10.1 Å². The van der Waals surface area contributed by atoms with Gasteiger partial charge in [0.15, 0.2) is 0 Å². The number of hydrogen-bond donors (Lipinski definition) is 1. The van der Waals surface area contributed by atoms with Gasteiger partial charge in [-0.2, -0.15) is 0 Å². The molecule has 3 heteroatoms. The molecule has 1 N–H and O–H groups in total. The van der Waals surface area contributed by atoms with Crippen molar-refractivity contribution >= 4 is 11.3 Å². The molecule has 0 spiro atoms. The number of thiophene rings is 1. The standard InChI is InChI=1S/C16H21NOS/c1-5-17-15(16-14(18-4)8-9-19-16)13-7-6-11(2)10-12(13)3/h6-10,15,17H,5H2,1-4H3. The van der Waals surface area contributed by atoms with Gasteiger partial charge in [0.05, 0.1) is 18.0 Å². The summed E-state index contributed by atoms with van der Waals surface area (Å²) >= 11 is 1.74. The van der Waals surface area contributed by atoms with Crippen LogP contribution in [0.5, 0.6) is 5.75 Å². The van der Waals surface area contributed by atoms with Crippen LogP contribution in [0.1, 0.15) is 34.5 Å². The molecule has 0 aliphatic rings. The van der Waals surface area contributed by atoms with Crippen molar-refractivity contribution in [3.63, 3.8) is 0 Å². The number of hydrogen-bond acceptors (Lipinski definition) is 3. The van der Waals surface area contributed by atoms with Crippen molar-refractivity contribution in [1.29, 1.82) is 0 Å². The van der Waals surface area contributed by atoms with Crippen LogP contribution in [0.2, 0.25) is 0 Å². The molecule has 0 saturated heterocycles. The number of aryl methyl sites for hydroxylation is 2. The molecule has 0 fully saturated rings. The van der Waals surface area contributed by atoms with Gasteiger partial charge in [-0.15, -0.1) is 11.3 Å². The fraction of sp³-hybridized carbons (Fsp3) is 0.375. The van der Waals surface area contributed by atoms with Crippen LogP contribution < -0.4 is 10.1 Å². The van der Waals surface area contributed by atoms with Crippen molar-refractivity contribution in [1.82, 2.24) is 5.32 Å². The molecule has 2 rings (SSSR count). The minimum Gasteiger partial charge on any atom is -0.496 e. The van der Waals surface area contributed by atoms with Gasteiger partial charge in [-0.25, -0.2) is 0 Å². The van der Waals surface area contributed by atoms with E-state index in [4.69, 9.17) is 4.74 Å². The van der Waals surface area contributed by atoms with Crippen molar-refractivity contribution in [2.24, 2.45) is 0 Å². The highest BCUT2D eigenvalue weighted by molar-refractivity contribution is 7.10. The minimum absolute atomic E-state index is 0.209. The Kier molecular flexibility index (Phi) is 4.61. The molecule has 102 valence electrons. The fourth-order valence-corrected chi connectivity index (χ4v) is 3.34. The lowest BCUT2D eigenvalue weighted by molar-refractivity contribution is 0.408. The SMILES string of the molecule is CCNC(c1ccc(C)cc1C)c1sccc1OC. The summed E-state index contributed by atoms with van der Waals surface area (Å²) in [6.45, 7) is 7.37. The van der Waals surface area contributed by atoms with Crippen LogP contribution in [-0.4, -0.2) is 13.7 Å². The van der Waals surface area contributed by atoms with Crippen LogP contribution in [0.15, 0.2) is 29.6 Å². The molecule has 0 radical (unpaired) electrons. The molecule has 0 amide bonds. The molecule has 1 aromatic heterocycles. The molecular formula is C16H21NOS. The van der Waals surface area contributed by atoms with E-state index in [2.05, 4.69) is 49.7 Å². The quantitative estimate of drug-likeness (QED) is 0.888. The van der Waals surface area contributed by atoms with Crippen LogP contribution >= 0.6 is 11.3 Å². The number of nitrogens with one attached hydrogen (secondary N) is 1. The third-order valence-corrected chi connectivity index (χ3v) is 4.25. The van der Waals surface area contributed by atoms with Gasteiger partial charge in [-0.1, -0.05) is 30.7 Å². The lowest BCUT2D eigenvalue weighted by atomic mass is 9.98. The normalized spacial score (nSPS) is 12.4. The van der Waals surface area contributed by atoms with Crippen LogP contribution in [0, 0.1) is 13.8 Å². The van der Waals surface area contributed by atoms with Crippen molar-refractivity contribution in [3.05, 3.63) is 51.2 Å². The molecule has 1 atom stereocenters. The highest BCUT2D eigenvalue weighted by Gasteiger charge is 2.20. The zero-order valence-electron chi connectivity index (χ0n) is 12.0. The summed E-state index contributed by atoms with van der Waals surface area (Å²) in [6, 6.07) is 8.87. The van der Waals surface area contributed by atoms with E-state index in [1.807, 2.05) is 6.07 Å². The van der Waals surface area contributed by atoms with E-state index in [0.717, 1.165) is 12.3 Å². The maximum atomic E-state index is 5.47. The summed E-state index contributed by atoms with van der Waals surface area (Å²) in [5, 5.41) is 5.65. The molecule has 0 bridgehead atoms. The highest BCUT2D eigenvalue weighted by Crippen LogP contribution is 2.35. The van der Waals surface area contributed by atoms with E-state index in [0.29, 0.717) is 0 Å². The summed E-state index contributed by atoms with van der Waals surface area (Å²) in [5.41, 5.74) is 3.95. The zero-order valence-corrected chi connectivity index (χ0v) is 12.8. The number of benzene rings is 1. The smallest absolute Gasteiger partial charge is 0.134 e. The first-order valence-corrected chi connectivity index (χ1v) is 7.47. The first-order chi connectivity index (χ1) is 9.17. The van der Waals surface area contributed by atoms with Crippen LogP contribution in [0.25, 0.3) is 0 Å². The molecule has 1 aromatic carbocycles. The van der Waals surface area contributed by atoms with Gasteiger partial charge in [0.1, 0.15) is 5.75 Å². The Bertz CT molecular complexity index is 547. The van der Waals surface area contributed by atoms with Crippen molar-refractivity contribution in [3.8, 4) is 5.75 Å². The Morgan fingerprint density at radius 1 is 1.26 bits per heavy atom. The average molecular weight is 275 g/mol. The maximum Gasteiger partial charge on any atom is 0.134 e. The molecule has 0 aliphatic carbocycles. The second-order valence-corrected chi connectivity index (χ2v) is 5.65. The minimum atomic E-state index is 0.209. The molecule has 1 heterocycles. The summed E-state index contributed by atoms with van der Waals surface area (Å²) < 4.78 is 5.47. The lowest BCUT2D eigenvalue weighted by Crippen LogP contribution is -2.22. The Balaban J connectivity index is 2.45. The summed E-state index contributed by atoms with van der Waals surface area (Å²) in [7, 11) is 1.73. The predicted octanol–water partition coefficient (Wildman–Crippen LogP) is 4.07. The Labute approximate surface area is 119 Å². The van der Waals surface area contributed by atoms with Crippen molar-refractivity contribution in [2.75, 3.05) is 13.7 Å². The predicted molar refractivity (Wildman–Crippen MR) is 82.3 cm³/mol. The highest BCUT2D eigenvalue weighted by atomic mass is 32.1. The van der Waals surface area contributed by atoms with Gasteiger partial charge >= 0.3 is 0 Å². The fourth-order valence-electron chi connectivity index (χ4n) is 2.39. The first-order valence-electron chi connectivity index (χ1n) is 6.59. The van der Waals surface area contributed by atoms with E-state index in [9.17, 15) is 0 Å². The number of rotatable bonds is 5. The molecule has 19 heavy (non-hydrogen) atoms. The molecule has 2 aromatic rings. The van der Waals surface area contributed by atoms with E-state index in [-0.39, 0.29) is 6.04 Å². The topological polar surface area (TPSA) is 21.3 Å². The van der Waals surface area contributed by atoms with Crippen molar-refractivity contribution < 1.29 is 4.74 Å². The van der Waals surface area contributed by atoms with Gasteiger partial charge in [-0.3, -0.25) is 0 Å². The van der Waals surface area contributed by atoms with E-state index >= 15 is 0 Å². The van der Waals surface area contributed by atoms with Crippen LogP contribution in [-0.2, 0) is 0 Å². The van der Waals surface area contributed by atoms with E-state index in [1.165, 1.54) is 21.6 Å². The largest absolute Gasteiger partial charge is 0.496 e. The summed E-state index contributed by atoms with van der Waals surface area (Å²) in [6.07, 6.45) is 0. The second kappa shape index (κ2) is 6.22. The van der Waals surface area contributed by atoms with Crippen LogP contribution in [0.3, 0.4) is 0 Å². The van der Waals surface area contributed by atoms with E-state index < -0.39 is 0 Å². The Morgan fingerprint density at radius 3 is 2.68 bits per heavy atom. The monoisotopic (exact) mass is 275 g/mol. The zero-order chi connectivity index (χ0) is 13.8. The van der Waals surface area contributed by atoms with E-state index in [1.54, 1.807) is 18.4 Å². The number of ether oxygens (including phenoxy) is 1. The molecule has 2 nitrogen and oxygen atoms in total. The van der Waals surface area contributed by atoms with Crippen LogP contribution in [0.4, 0.5) is 0 Å². The Morgan fingerprint density at radius 2 is 2.05 bits per heavy atom. The van der Waals surface area contributed by atoms with Gasteiger partial charge in [0.25, 0.3) is 0 Å². The summed E-state index contributed by atoms with van der Waals surface area (Å²) in [4.78, 5) is 1.25. The van der Waals surface area contributed by atoms with Gasteiger partial charge in [0.2, 0.25) is 0 Å². The molecule has 1 unspecified atom stereocenters.